The Kier molecular flexibility index (Phi) is 4.33. The van der Waals surface area contributed by atoms with Crippen LogP contribution in [0.25, 0.3) is 0 Å². The number of aromatic nitrogens is 1. The van der Waals surface area contributed by atoms with Gasteiger partial charge in [0.15, 0.2) is 0 Å². The zero-order valence-electron chi connectivity index (χ0n) is 13.9. The van der Waals surface area contributed by atoms with Crippen LogP contribution < -0.4 is 4.74 Å². The molecular formula is C19H22N2O2. The van der Waals surface area contributed by atoms with Crippen molar-refractivity contribution < 1.29 is 9.53 Å². The molecule has 0 saturated carbocycles. The Balaban J connectivity index is 1.71. The second-order valence-corrected chi connectivity index (χ2v) is 6.21. The number of rotatable bonds is 4. The Labute approximate surface area is 137 Å². The lowest BCUT2D eigenvalue weighted by atomic mass is 10.1. The summed E-state index contributed by atoms with van der Waals surface area (Å²) < 4.78 is 5.50. The molecule has 3 rings (SSSR count). The quantitative estimate of drug-likeness (QED) is 0.872. The third kappa shape index (κ3) is 3.36. The lowest BCUT2D eigenvalue weighted by molar-refractivity contribution is 0.0743. The number of pyridine rings is 1. The van der Waals surface area contributed by atoms with E-state index in [9.17, 15) is 4.79 Å². The predicted molar refractivity (Wildman–Crippen MR) is 89.9 cm³/mol. The summed E-state index contributed by atoms with van der Waals surface area (Å²) in [5, 5.41) is 0. The molecule has 0 fully saturated rings. The lowest BCUT2D eigenvalue weighted by Crippen LogP contribution is -2.36. The molecule has 1 amide bonds. The lowest BCUT2D eigenvalue weighted by Gasteiger charge is -2.25. The van der Waals surface area contributed by atoms with Crippen molar-refractivity contribution in [1.82, 2.24) is 9.88 Å². The summed E-state index contributed by atoms with van der Waals surface area (Å²) in [7, 11) is 1.85. The molecule has 120 valence electrons. The Hall–Kier alpha value is -2.36. The molecule has 1 unspecified atom stereocenters. The van der Waals surface area contributed by atoms with Gasteiger partial charge < -0.3 is 9.64 Å². The van der Waals surface area contributed by atoms with Crippen molar-refractivity contribution in [2.45, 2.75) is 32.7 Å². The number of benzene rings is 1. The molecule has 2 aromatic rings. The largest absolute Gasteiger partial charge is 0.493 e. The van der Waals surface area contributed by atoms with Gasteiger partial charge >= 0.3 is 0 Å². The van der Waals surface area contributed by atoms with E-state index >= 15 is 0 Å². The summed E-state index contributed by atoms with van der Waals surface area (Å²) in [5.41, 5.74) is 4.05. The predicted octanol–water partition coefficient (Wildman–Crippen LogP) is 3.03. The van der Waals surface area contributed by atoms with Gasteiger partial charge in [-0.05, 0) is 55.3 Å². The molecule has 0 bridgehead atoms. The first-order valence-electron chi connectivity index (χ1n) is 7.99. The summed E-state index contributed by atoms with van der Waals surface area (Å²) >= 11 is 0. The van der Waals surface area contributed by atoms with Crippen molar-refractivity contribution >= 4 is 5.91 Å². The zero-order valence-corrected chi connectivity index (χ0v) is 13.9. The first-order valence-corrected chi connectivity index (χ1v) is 7.99. The van der Waals surface area contributed by atoms with Gasteiger partial charge in [-0.15, -0.1) is 0 Å². The highest BCUT2D eigenvalue weighted by Gasteiger charge is 2.21. The van der Waals surface area contributed by atoms with E-state index in [1.807, 2.05) is 37.5 Å². The summed E-state index contributed by atoms with van der Waals surface area (Å²) in [5.74, 6) is 0.945. The first kappa shape index (κ1) is 15.5. The van der Waals surface area contributed by atoms with Crippen LogP contribution in [0.1, 0.15) is 34.1 Å². The number of hydrogen-bond donors (Lipinski definition) is 0. The molecule has 0 spiro atoms. The number of fused-ring (bicyclic) bond motifs is 1. The van der Waals surface area contributed by atoms with E-state index in [0.717, 1.165) is 35.4 Å². The smallest absolute Gasteiger partial charge is 0.253 e. The van der Waals surface area contributed by atoms with Crippen molar-refractivity contribution in [3.05, 3.63) is 58.9 Å². The van der Waals surface area contributed by atoms with Crippen LogP contribution >= 0.6 is 0 Å². The standard InChI is InChI=1S/C19H22N2O2/c1-13-6-8-20-17(10-13)11-14(2)21(3)19(22)16-4-5-18-15(12-16)7-9-23-18/h4-6,8,10,12,14H,7,9,11H2,1-3H3. The highest BCUT2D eigenvalue weighted by molar-refractivity contribution is 5.94. The van der Waals surface area contributed by atoms with Gasteiger partial charge in [0.1, 0.15) is 5.75 Å². The average molecular weight is 310 g/mol. The molecular weight excluding hydrogens is 288 g/mol. The Bertz CT molecular complexity index is 727. The molecule has 4 nitrogen and oxygen atoms in total. The summed E-state index contributed by atoms with van der Waals surface area (Å²) in [6.07, 6.45) is 3.45. The number of amides is 1. The number of hydrogen-bond acceptors (Lipinski definition) is 3. The number of ether oxygens (including phenoxy) is 1. The minimum absolute atomic E-state index is 0.0415. The van der Waals surface area contributed by atoms with Crippen molar-refractivity contribution in [3.63, 3.8) is 0 Å². The fourth-order valence-electron chi connectivity index (χ4n) is 2.87. The maximum Gasteiger partial charge on any atom is 0.253 e. The highest BCUT2D eigenvalue weighted by Crippen LogP contribution is 2.26. The number of carbonyl (C=O) groups is 1. The highest BCUT2D eigenvalue weighted by atomic mass is 16.5. The normalized spacial score (nSPS) is 14.0. The van der Waals surface area contributed by atoms with Crippen LogP contribution in [-0.2, 0) is 12.8 Å². The second kappa shape index (κ2) is 6.41. The maximum atomic E-state index is 12.7. The second-order valence-electron chi connectivity index (χ2n) is 6.21. The van der Waals surface area contributed by atoms with E-state index in [1.165, 1.54) is 5.56 Å². The zero-order chi connectivity index (χ0) is 16.4. The fraction of sp³-hybridized carbons (Fsp3) is 0.368. The molecule has 0 saturated heterocycles. The molecule has 23 heavy (non-hydrogen) atoms. The van der Waals surface area contributed by atoms with Gasteiger partial charge in [-0.25, -0.2) is 0 Å². The van der Waals surface area contributed by atoms with Crippen molar-refractivity contribution in [3.8, 4) is 5.75 Å². The Morgan fingerprint density at radius 2 is 2.17 bits per heavy atom. The molecule has 1 aliphatic heterocycles. The average Bonchev–Trinajstić information content (AvgIpc) is 3.01. The minimum Gasteiger partial charge on any atom is -0.493 e. The fourth-order valence-corrected chi connectivity index (χ4v) is 2.87. The molecule has 0 radical (unpaired) electrons. The van der Waals surface area contributed by atoms with Gasteiger partial charge in [0, 0.05) is 43.4 Å². The molecule has 1 aromatic carbocycles. The molecule has 1 atom stereocenters. The van der Waals surface area contributed by atoms with Gasteiger partial charge in [0.05, 0.1) is 6.61 Å². The molecule has 0 N–H and O–H groups in total. The van der Waals surface area contributed by atoms with Gasteiger partial charge in [-0.2, -0.15) is 0 Å². The number of carbonyl (C=O) groups excluding carboxylic acids is 1. The van der Waals surface area contributed by atoms with Crippen LogP contribution in [0.5, 0.6) is 5.75 Å². The third-order valence-corrected chi connectivity index (χ3v) is 4.39. The number of aryl methyl sites for hydroxylation is 1. The van der Waals surface area contributed by atoms with Crippen LogP contribution in [0.15, 0.2) is 36.5 Å². The van der Waals surface area contributed by atoms with Crippen LogP contribution in [-0.4, -0.2) is 35.5 Å². The Morgan fingerprint density at radius 3 is 2.96 bits per heavy atom. The van der Waals surface area contributed by atoms with Crippen LogP contribution in [0.2, 0.25) is 0 Å². The topological polar surface area (TPSA) is 42.4 Å². The molecule has 4 heteroatoms. The van der Waals surface area contributed by atoms with Gasteiger partial charge in [-0.1, -0.05) is 0 Å². The van der Waals surface area contributed by atoms with Gasteiger partial charge in [-0.3, -0.25) is 9.78 Å². The van der Waals surface area contributed by atoms with E-state index in [4.69, 9.17) is 4.74 Å². The number of nitrogens with zero attached hydrogens (tertiary/aromatic N) is 2. The first-order chi connectivity index (χ1) is 11.0. The van der Waals surface area contributed by atoms with Gasteiger partial charge in [0.25, 0.3) is 5.91 Å². The number of likely N-dealkylation sites (N-methyl/N-ethyl adjacent to an activating group) is 1. The summed E-state index contributed by atoms with van der Waals surface area (Å²) in [4.78, 5) is 18.9. The van der Waals surface area contributed by atoms with Crippen LogP contribution in [0, 0.1) is 6.92 Å². The molecule has 2 heterocycles. The van der Waals surface area contributed by atoms with E-state index in [0.29, 0.717) is 6.61 Å². The third-order valence-electron chi connectivity index (χ3n) is 4.39. The van der Waals surface area contributed by atoms with Crippen molar-refractivity contribution in [2.75, 3.05) is 13.7 Å². The molecule has 1 aliphatic rings. The van der Waals surface area contributed by atoms with E-state index < -0.39 is 0 Å². The van der Waals surface area contributed by atoms with Crippen LogP contribution in [0.3, 0.4) is 0 Å². The monoisotopic (exact) mass is 310 g/mol. The SMILES string of the molecule is Cc1ccnc(CC(C)N(C)C(=O)c2ccc3c(c2)CCO3)c1. The van der Waals surface area contributed by atoms with E-state index in [2.05, 4.69) is 24.9 Å². The molecule has 1 aromatic heterocycles. The summed E-state index contributed by atoms with van der Waals surface area (Å²) in [6.45, 7) is 4.81. The maximum absolute atomic E-state index is 12.7. The minimum atomic E-state index is 0.0415. The Morgan fingerprint density at radius 1 is 1.35 bits per heavy atom. The van der Waals surface area contributed by atoms with Crippen molar-refractivity contribution in [1.29, 1.82) is 0 Å². The summed E-state index contributed by atoms with van der Waals surface area (Å²) in [6, 6.07) is 9.84. The molecule has 0 aliphatic carbocycles. The van der Waals surface area contributed by atoms with Gasteiger partial charge in [0.2, 0.25) is 0 Å². The van der Waals surface area contributed by atoms with E-state index in [-0.39, 0.29) is 11.9 Å². The van der Waals surface area contributed by atoms with Crippen molar-refractivity contribution in [2.24, 2.45) is 0 Å². The van der Waals surface area contributed by atoms with Crippen LogP contribution in [0.4, 0.5) is 0 Å². The van der Waals surface area contributed by atoms with E-state index in [1.54, 1.807) is 4.90 Å².